The summed E-state index contributed by atoms with van der Waals surface area (Å²) in [5, 5.41) is 1.91. The lowest BCUT2D eigenvalue weighted by Gasteiger charge is -2.31. The molecule has 4 nitrogen and oxygen atoms in total. The maximum atomic E-state index is 12.4. The molecule has 3 atom stereocenters. The molecule has 0 unspecified atom stereocenters. The number of alkyl halides is 1. The lowest BCUT2D eigenvalue weighted by molar-refractivity contribution is -0.146. The molecule has 1 N–H and O–H groups in total. The van der Waals surface area contributed by atoms with Crippen molar-refractivity contribution < 1.29 is 9.53 Å². The Morgan fingerprint density at radius 3 is 2.96 bits per heavy atom. The Labute approximate surface area is 165 Å². The topological polar surface area (TPSA) is 41.6 Å². The molecule has 1 fully saturated rings. The van der Waals surface area contributed by atoms with Crippen molar-refractivity contribution in [3.05, 3.63) is 42.5 Å². The van der Waals surface area contributed by atoms with Crippen LogP contribution in [0.1, 0.15) is 12.8 Å². The number of nitrogens with zero attached hydrogens (tertiary/aromatic N) is 1. The second-order valence-electron chi connectivity index (χ2n) is 5.82. The fraction of sp³-hybridized carbons (Fsp3) is 0.412. The summed E-state index contributed by atoms with van der Waals surface area (Å²) < 4.78 is 6.46. The molecule has 2 bridgehead atoms. The molecule has 0 spiro atoms. The van der Waals surface area contributed by atoms with Crippen LogP contribution < -0.4 is 10.4 Å². The van der Waals surface area contributed by atoms with E-state index in [0.717, 1.165) is 16.4 Å². The molecule has 0 saturated carbocycles. The molecular formula is C17H19IN2O2S2. The average molecular weight is 474 g/mol. The van der Waals surface area contributed by atoms with Crippen LogP contribution in [0.25, 0.3) is 0 Å². The second kappa shape index (κ2) is 7.72. The molecule has 1 aromatic rings. The highest BCUT2D eigenvalue weighted by Crippen LogP contribution is 2.47. The van der Waals surface area contributed by atoms with Crippen LogP contribution >= 0.6 is 46.6 Å². The van der Waals surface area contributed by atoms with Crippen molar-refractivity contribution in [2.45, 2.75) is 22.9 Å². The number of anilines is 1. The van der Waals surface area contributed by atoms with Gasteiger partial charge in [0.1, 0.15) is 11.5 Å². The maximum Gasteiger partial charge on any atom is 0.317 e. The molecule has 1 aromatic carbocycles. The van der Waals surface area contributed by atoms with Gasteiger partial charge in [0.25, 0.3) is 0 Å². The van der Waals surface area contributed by atoms with Gasteiger partial charge in [-0.2, -0.15) is 0 Å². The Bertz CT molecular complexity index is 655. The summed E-state index contributed by atoms with van der Waals surface area (Å²) in [5.41, 5.74) is 3.86. The van der Waals surface area contributed by atoms with E-state index in [0.29, 0.717) is 13.0 Å². The largest absolute Gasteiger partial charge is 0.460 e. The number of thioether (sulfide) groups is 1. The smallest absolute Gasteiger partial charge is 0.317 e. The third-order valence-electron chi connectivity index (χ3n) is 4.42. The lowest BCUT2D eigenvalue weighted by Crippen LogP contribution is -2.45. The predicted octanol–water partition coefficient (Wildman–Crippen LogP) is 3.71. The van der Waals surface area contributed by atoms with Crippen molar-refractivity contribution in [2.24, 2.45) is 5.41 Å². The summed E-state index contributed by atoms with van der Waals surface area (Å²) in [6.45, 7) is 0.640. The molecule has 7 heteroatoms. The van der Waals surface area contributed by atoms with Crippen molar-refractivity contribution in [3.8, 4) is 0 Å². The number of carbonyl (C=O) groups excluding carboxylic acids is 1. The van der Waals surface area contributed by atoms with E-state index in [9.17, 15) is 4.79 Å². The van der Waals surface area contributed by atoms with E-state index in [1.165, 1.54) is 11.8 Å². The number of ether oxygens (including phenoxy) is 1. The van der Waals surface area contributed by atoms with Gasteiger partial charge < -0.3 is 4.74 Å². The van der Waals surface area contributed by atoms with Gasteiger partial charge in [-0.05, 0) is 24.8 Å². The van der Waals surface area contributed by atoms with Crippen LogP contribution in [0.15, 0.2) is 42.5 Å². The molecule has 0 aromatic heterocycles. The molecular weight excluding hydrogens is 455 g/mol. The molecule has 128 valence electrons. The second-order valence-corrected chi connectivity index (χ2v) is 8.61. The van der Waals surface area contributed by atoms with Gasteiger partial charge in [0.05, 0.1) is 9.61 Å². The monoisotopic (exact) mass is 474 g/mol. The molecule has 1 heterocycles. The number of benzene rings is 1. The fourth-order valence-corrected chi connectivity index (χ4v) is 4.85. The normalized spacial score (nSPS) is 27.8. The Morgan fingerprint density at radius 1 is 1.50 bits per heavy atom. The van der Waals surface area contributed by atoms with Gasteiger partial charge in [-0.15, -0.1) is 0 Å². The minimum absolute atomic E-state index is 0.0144. The summed E-state index contributed by atoms with van der Waals surface area (Å²) in [6, 6.07) is 9.96. The van der Waals surface area contributed by atoms with Crippen LogP contribution in [-0.2, 0) is 9.53 Å². The van der Waals surface area contributed by atoms with Gasteiger partial charge in [0, 0.05) is 13.0 Å². The standard InChI is InChI=1S/C17H19IN2O2S2/c1-24-16(23)20(12-6-3-2-4-7-12)19-11-10-17-9-5-8-13(14(17)18)22-15(17)21/h2-7,9,13-14,19H,8,10-11H2,1H3/t13-,14+,17-/m1/s1. The van der Waals surface area contributed by atoms with Crippen LogP contribution in [0, 0.1) is 5.41 Å². The number of para-hydroxylation sites is 1. The van der Waals surface area contributed by atoms with E-state index in [4.69, 9.17) is 17.0 Å². The van der Waals surface area contributed by atoms with Crippen LogP contribution in [0.2, 0.25) is 0 Å². The first-order valence-corrected chi connectivity index (χ1v) is 10.7. The maximum absolute atomic E-state index is 12.4. The highest BCUT2D eigenvalue weighted by Gasteiger charge is 2.55. The van der Waals surface area contributed by atoms with E-state index < -0.39 is 5.41 Å². The zero-order valence-corrected chi connectivity index (χ0v) is 17.1. The fourth-order valence-electron chi connectivity index (χ4n) is 3.12. The van der Waals surface area contributed by atoms with E-state index in [2.05, 4.69) is 34.1 Å². The zero-order chi connectivity index (χ0) is 17.2. The number of halogens is 1. The molecule has 24 heavy (non-hydrogen) atoms. The molecule has 0 radical (unpaired) electrons. The van der Waals surface area contributed by atoms with Gasteiger partial charge in [-0.25, -0.2) is 5.43 Å². The molecule has 1 aliphatic carbocycles. The van der Waals surface area contributed by atoms with Gasteiger partial charge in [-0.3, -0.25) is 9.80 Å². The zero-order valence-electron chi connectivity index (χ0n) is 13.3. The summed E-state index contributed by atoms with van der Waals surface area (Å²) in [5.74, 6) is -0.0962. The number of hydrogen-bond acceptors (Lipinski definition) is 5. The number of nitrogens with one attached hydrogen (secondary N) is 1. The first-order chi connectivity index (χ1) is 11.6. The van der Waals surface area contributed by atoms with E-state index in [-0.39, 0.29) is 16.0 Å². The highest BCUT2D eigenvalue weighted by atomic mass is 127. The van der Waals surface area contributed by atoms with Gasteiger partial charge in [-0.1, -0.05) is 76.9 Å². The summed E-state index contributed by atoms with van der Waals surface area (Å²) in [6.07, 6.45) is 7.60. The minimum atomic E-state index is -0.514. The number of carbonyl (C=O) groups is 1. The number of hydrogen-bond donors (Lipinski definition) is 1. The van der Waals surface area contributed by atoms with E-state index in [1.807, 2.05) is 47.7 Å². The Balaban J connectivity index is 1.69. The van der Waals surface area contributed by atoms with Crippen molar-refractivity contribution in [1.29, 1.82) is 0 Å². The van der Waals surface area contributed by atoms with E-state index in [1.54, 1.807) is 0 Å². The predicted molar refractivity (Wildman–Crippen MR) is 112 cm³/mol. The molecule has 3 rings (SSSR count). The number of rotatable bonds is 5. The molecule has 1 aliphatic heterocycles. The van der Waals surface area contributed by atoms with Crippen molar-refractivity contribution in [1.82, 2.24) is 5.43 Å². The SMILES string of the molecule is CSC(=S)N(NCC[C@@]12C=CC[C@@H](OC1=O)[C@@H]2I)c1ccccc1. The highest BCUT2D eigenvalue weighted by molar-refractivity contribution is 14.1. The van der Waals surface area contributed by atoms with Gasteiger partial charge >= 0.3 is 5.97 Å². The number of hydrazine groups is 1. The third kappa shape index (κ3) is 3.36. The summed E-state index contributed by atoms with van der Waals surface area (Å²) >= 11 is 9.33. The Kier molecular flexibility index (Phi) is 5.84. The molecule has 0 amide bonds. The van der Waals surface area contributed by atoms with Crippen LogP contribution in [0.5, 0.6) is 0 Å². The number of thiocarbonyl (C=S) groups is 1. The van der Waals surface area contributed by atoms with Crippen LogP contribution in [-0.4, -0.2) is 33.1 Å². The van der Waals surface area contributed by atoms with Crippen LogP contribution in [0.3, 0.4) is 0 Å². The van der Waals surface area contributed by atoms with Crippen molar-refractivity contribution in [3.63, 3.8) is 0 Å². The molecule has 1 saturated heterocycles. The third-order valence-corrected chi connectivity index (χ3v) is 7.55. The quantitative estimate of drug-likeness (QED) is 0.175. The average Bonchev–Trinajstić information content (AvgIpc) is 2.74. The van der Waals surface area contributed by atoms with Crippen molar-refractivity contribution >= 4 is 62.5 Å². The Hall–Kier alpha value is -0.640. The van der Waals surface area contributed by atoms with Gasteiger partial charge in [0.2, 0.25) is 0 Å². The van der Waals surface area contributed by atoms with Gasteiger partial charge in [0.15, 0.2) is 4.32 Å². The van der Waals surface area contributed by atoms with Crippen molar-refractivity contribution in [2.75, 3.05) is 17.8 Å². The number of esters is 1. The first-order valence-electron chi connectivity index (χ1n) is 7.78. The summed E-state index contributed by atoms with van der Waals surface area (Å²) in [4.78, 5) is 12.4. The minimum Gasteiger partial charge on any atom is -0.460 e. The van der Waals surface area contributed by atoms with Crippen LogP contribution in [0.4, 0.5) is 5.69 Å². The molecule has 2 aliphatic rings. The lowest BCUT2D eigenvalue weighted by atomic mass is 9.77. The first kappa shape index (κ1) is 18.2. The Morgan fingerprint density at radius 2 is 2.25 bits per heavy atom. The summed E-state index contributed by atoms with van der Waals surface area (Å²) in [7, 11) is 0. The number of fused-ring (bicyclic) bond motifs is 2. The van der Waals surface area contributed by atoms with E-state index >= 15 is 0 Å².